The molecule has 2 fully saturated rings. The fourth-order valence-electron chi connectivity index (χ4n) is 3.40. The maximum atomic E-state index is 11.1. The first-order chi connectivity index (χ1) is 9.06. The summed E-state index contributed by atoms with van der Waals surface area (Å²) >= 11 is 0. The van der Waals surface area contributed by atoms with Gasteiger partial charge in [-0.25, -0.2) is 13.1 Å². The minimum Gasteiger partial charge on any atom is -0.314 e. The quantitative estimate of drug-likeness (QED) is 0.773. The molecule has 1 aliphatic carbocycles. The molecular formula is C13H29Cl2N3O2S. The molecule has 1 heterocycles. The lowest BCUT2D eigenvalue weighted by molar-refractivity contribution is 0.0947. The largest absolute Gasteiger partial charge is 0.314 e. The van der Waals surface area contributed by atoms with E-state index in [0.29, 0.717) is 12.6 Å². The average Bonchev–Trinajstić information content (AvgIpc) is 2.39. The second-order valence-electron chi connectivity index (χ2n) is 5.87. The maximum absolute atomic E-state index is 11.1. The van der Waals surface area contributed by atoms with E-state index >= 15 is 0 Å². The van der Waals surface area contributed by atoms with Crippen LogP contribution < -0.4 is 10.0 Å². The molecule has 1 aliphatic heterocycles. The summed E-state index contributed by atoms with van der Waals surface area (Å²) in [5.74, 6) is 0.791. The number of nitrogens with zero attached hydrogens (tertiary/aromatic N) is 1. The first-order valence-corrected chi connectivity index (χ1v) is 9.35. The van der Waals surface area contributed by atoms with Crippen molar-refractivity contribution in [3.8, 4) is 0 Å². The van der Waals surface area contributed by atoms with Crippen molar-refractivity contribution >= 4 is 34.8 Å². The standard InChI is InChI=1S/C13H27N3O2S.2ClH/c1-19(17,18)15-8-10-16-9-7-14-11-13(16)12-5-3-2-4-6-12;;/h12-15H,2-11H2,1H3;2*1H. The van der Waals surface area contributed by atoms with Crippen LogP contribution in [0.5, 0.6) is 0 Å². The van der Waals surface area contributed by atoms with Crippen LogP contribution in [0.3, 0.4) is 0 Å². The zero-order valence-electron chi connectivity index (χ0n) is 12.7. The molecule has 0 aromatic carbocycles. The van der Waals surface area contributed by atoms with Crippen LogP contribution >= 0.6 is 24.8 Å². The van der Waals surface area contributed by atoms with Gasteiger partial charge in [-0.2, -0.15) is 0 Å². The van der Waals surface area contributed by atoms with Gasteiger partial charge >= 0.3 is 0 Å². The predicted molar refractivity (Wildman–Crippen MR) is 92.1 cm³/mol. The highest BCUT2D eigenvalue weighted by Crippen LogP contribution is 2.29. The van der Waals surface area contributed by atoms with Crippen molar-refractivity contribution in [3.63, 3.8) is 0 Å². The third-order valence-electron chi connectivity index (χ3n) is 4.36. The fourth-order valence-corrected chi connectivity index (χ4v) is 3.87. The van der Waals surface area contributed by atoms with Gasteiger partial charge in [0.25, 0.3) is 0 Å². The Kier molecular flexibility index (Phi) is 10.4. The van der Waals surface area contributed by atoms with Crippen molar-refractivity contribution in [2.75, 3.05) is 39.0 Å². The van der Waals surface area contributed by atoms with E-state index in [9.17, 15) is 8.42 Å². The van der Waals surface area contributed by atoms with Crippen molar-refractivity contribution in [3.05, 3.63) is 0 Å². The molecule has 1 saturated carbocycles. The number of halogens is 2. The molecule has 8 heteroatoms. The van der Waals surface area contributed by atoms with Gasteiger partial charge in [0, 0.05) is 38.8 Å². The molecule has 1 atom stereocenters. The minimum absolute atomic E-state index is 0. The van der Waals surface area contributed by atoms with E-state index in [2.05, 4.69) is 14.9 Å². The van der Waals surface area contributed by atoms with E-state index in [1.54, 1.807) is 0 Å². The van der Waals surface area contributed by atoms with E-state index < -0.39 is 10.0 Å². The van der Waals surface area contributed by atoms with Gasteiger partial charge in [-0.1, -0.05) is 19.3 Å². The summed E-state index contributed by atoms with van der Waals surface area (Å²) < 4.78 is 24.8. The molecule has 0 aromatic rings. The van der Waals surface area contributed by atoms with E-state index in [1.165, 1.54) is 38.4 Å². The lowest BCUT2D eigenvalue weighted by Crippen LogP contribution is -2.56. The van der Waals surface area contributed by atoms with Gasteiger partial charge < -0.3 is 5.32 Å². The van der Waals surface area contributed by atoms with Crippen molar-refractivity contribution in [1.29, 1.82) is 0 Å². The number of hydrogen-bond acceptors (Lipinski definition) is 4. The Morgan fingerprint density at radius 1 is 1.19 bits per heavy atom. The van der Waals surface area contributed by atoms with Crippen LogP contribution in [0.15, 0.2) is 0 Å². The molecule has 2 N–H and O–H groups in total. The first-order valence-electron chi connectivity index (χ1n) is 7.46. The molecule has 2 aliphatic rings. The first kappa shape index (κ1) is 21.4. The van der Waals surface area contributed by atoms with Gasteiger partial charge in [0.2, 0.25) is 10.0 Å². The molecule has 5 nitrogen and oxygen atoms in total. The Hall–Kier alpha value is 0.410. The van der Waals surface area contributed by atoms with Gasteiger partial charge in [0.15, 0.2) is 0 Å². The van der Waals surface area contributed by atoms with Crippen LogP contribution in [0.2, 0.25) is 0 Å². The lowest BCUT2D eigenvalue weighted by Gasteiger charge is -2.42. The number of sulfonamides is 1. The predicted octanol–water partition coefficient (Wildman–Crippen LogP) is 1.23. The topological polar surface area (TPSA) is 61.4 Å². The molecule has 0 bridgehead atoms. The van der Waals surface area contributed by atoms with Gasteiger partial charge in [0.05, 0.1) is 6.26 Å². The molecule has 128 valence electrons. The third kappa shape index (κ3) is 7.48. The molecule has 0 spiro atoms. The summed E-state index contributed by atoms with van der Waals surface area (Å²) in [7, 11) is -3.06. The van der Waals surface area contributed by atoms with Crippen LogP contribution in [-0.4, -0.2) is 58.3 Å². The zero-order chi connectivity index (χ0) is 13.7. The summed E-state index contributed by atoms with van der Waals surface area (Å²) in [5, 5.41) is 3.49. The second kappa shape index (κ2) is 10.2. The van der Waals surface area contributed by atoms with Crippen molar-refractivity contribution in [2.24, 2.45) is 5.92 Å². The Bertz CT molecular complexity index is 376. The van der Waals surface area contributed by atoms with E-state index in [-0.39, 0.29) is 24.8 Å². The molecule has 0 radical (unpaired) electrons. The van der Waals surface area contributed by atoms with Crippen LogP contribution in [-0.2, 0) is 10.0 Å². The number of rotatable bonds is 5. The van der Waals surface area contributed by atoms with Crippen molar-refractivity contribution in [2.45, 2.75) is 38.1 Å². The highest BCUT2D eigenvalue weighted by molar-refractivity contribution is 7.88. The normalized spacial score (nSPS) is 24.9. The Morgan fingerprint density at radius 3 is 2.48 bits per heavy atom. The number of hydrogen-bond donors (Lipinski definition) is 2. The van der Waals surface area contributed by atoms with Crippen LogP contribution in [0.4, 0.5) is 0 Å². The number of piperazine rings is 1. The van der Waals surface area contributed by atoms with Crippen LogP contribution in [0.25, 0.3) is 0 Å². The molecule has 0 aromatic heterocycles. The SMILES string of the molecule is CS(=O)(=O)NCCN1CCNCC1C1CCCCC1.Cl.Cl. The molecule has 21 heavy (non-hydrogen) atoms. The van der Waals surface area contributed by atoms with E-state index in [1.807, 2.05) is 0 Å². The van der Waals surface area contributed by atoms with Gasteiger partial charge in [-0.3, -0.25) is 4.90 Å². The fraction of sp³-hybridized carbons (Fsp3) is 1.00. The Balaban J connectivity index is 0.00000200. The van der Waals surface area contributed by atoms with E-state index in [4.69, 9.17) is 0 Å². The third-order valence-corrected chi connectivity index (χ3v) is 5.08. The average molecular weight is 362 g/mol. The summed E-state index contributed by atoms with van der Waals surface area (Å²) in [6.07, 6.45) is 7.99. The molecule has 1 unspecified atom stereocenters. The van der Waals surface area contributed by atoms with Crippen molar-refractivity contribution in [1.82, 2.24) is 14.9 Å². The second-order valence-corrected chi connectivity index (χ2v) is 7.71. The highest BCUT2D eigenvalue weighted by atomic mass is 35.5. The molecular weight excluding hydrogens is 333 g/mol. The summed E-state index contributed by atoms with van der Waals surface area (Å²) in [4.78, 5) is 2.48. The van der Waals surface area contributed by atoms with Gasteiger partial charge in [-0.15, -0.1) is 24.8 Å². The summed E-state index contributed by atoms with van der Waals surface area (Å²) in [5.41, 5.74) is 0. The lowest BCUT2D eigenvalue weighted by atomic mass is 9.82. The Labute approximate surface area is 141 Å². The monoisotopic (exact) mass is 361 g/mol. The summed E-state index contributed by atoms with van der Waals surface area (Å²) in [6.45, 7) is 4.47. The van der Waals surface area contributed by atoms with Crippen molar-refractivity contribution < 1.29 is 8.42 Å². The maximum Gasteiger partial charge on any atom is 0.208 e. The zero-order valence-corrected chi connectivity index (χ0v) is 15.2. The molecule has 1 saturated heterocycles. The minimum atomic E-state index is -3.06. The van der Waals surface area contributed by atoms with Crippen LogP contribution in [0.1, 0.15) is 32.1 Å². The summed E-state index contributed by atoms with van der Waals surface area (Å²) in [6, 6.07) is 0.593. The smallest absolute Gasteiger partial charge is 0.208 e. The highest BCUT2D eigenvalue weighted by Gasteiger charge is 2.30. The molecule has 2 rings (SSSR count). The Morgan fingerprint density at radius 2 is 1.86 bits per heavy atom. The van der Waals surface area contributed by atoms with Gasteiger partial charge in [0.1, 0.15) is 0 Å². The number of nitrogens with one attached hydrogen (secondary N) is 2. The van der Waals surface area contributed by atoms with Gasteiger partial charge in [-0.05, 0) is 18.8 Å². The van der Waals surface area contributed by atoms with E-state index in [0.717, 1.165) is 32.1 Å². The van der Waals surface area contributed by atoms with Crippen LogP contribution in [0, 0.1) is 5.92 Å². The molecule has 0 amide bonds.